The summed E-state index contributed by atoms with van der Waals surface area (Å²) in [6.07, 6.45) is 1.97. The Morgan fingerprint density at radius 2 is 2.00 bits per heavy atom. The Morgan fingerprint density at radius 3 is 2.89 bits per heavy atom. The highest BCUT2D eigenvalue weighted by Crippen LogP contribution is 2.23. The summed E-state index contributed by atoms with van der Waals surface area (Å²) in [5.41, 5.74) is 2.93. The summed E-state index contributed by atoms with van der Waals surface area (Å²) in [6, 6.07) is 9.78. The molecule has 0 amide bonds. The van der Waals surface area contributed by atoms with Crippen LogP contribution in [-0.2, 0) is 6.54 Å². The van der Waals surface area contributed by atoms with E-state index in [1.807, 2.05) is 24.4 Å². The molecule has 3 aromatic rings. The lowest BCUT2D eigenvalue weighted by Gasteiger charge is -2.06. The number of hydrogen-bond acceptors (Lipinski definition) is 3. The van der Waals surface area contributed by atoms with Crippen molar-refractivity contribution in [1.29, 1.82) is 0 Å². The second-order valence-electron chi connectivity index (χ2n) is 4.08. The van der Waals surface area contributed by atoms with Gasteiger partial charge in [-0.2, -0.15) is 0 Å². The Bertz CT molecular complexity index is 723. The molecule has 0 bridgehead atoms. The average Bonchev–Trinajstić information content (AvgIpc) is 2.83. The molecule has 0 aliphatic heterocycles. The number of anilines is 1. The van der Waals surface area contributed by atoms with Gasteiger partial charge in [-0.3, -0.25) is 0 Å². The second kappa shape index (κ2) is 5.07. The Kier molecular flexibility index (Phi) is 3.27. The van der Waals surface area contributed by atoms with E-state index in [1.165, 1.54) is 5.39 Å². The molecule has 0 saturated carbocycles. The third-order valence-electron chi connectivity index (χ3n) is 2.86. The maximum atomic E-state index is 5.95. The van der Waals surface area contributed by atoms with Gasteiger partial charge >= 0.3 is 0 Å². The van der Waals surface area contributed by atoms with Crippen LogP contribution in [0.5, 0.6) is 0 Å². The summed E-state index contributed by atoms with van der Waals surface area (Å²) in [5.74, 6) is 0. The van der Waals surface area contributed by atoms with Crippen LogP contribution in [-0.4, -0.2) is 15.2 Å². The highest BCUT2D eigenvalue weighted by Gasteiger charge is 2.06. The molecule has 6 heteroatoms. The number of aromatic amines is 1. The van der Waals surface area contributed by atoms with Gasteiger partial charge in [0.1, 0.15) is 0 Å². The minimum atomic E-state index is 0.309. The zero-order chi connectivity index (χ0) is 13.2. The van der Waals surface area contributed by atoms with E-state index in [1.54, 1.807) is 6.07 Å². The predicted molar refractivity (Wildman–Crippen MR) is 77.7 cm³/mol. The lowest BCUT2D eigenvalue weighted by Crippen LogP contribution is -2.01. The Morgan fingerprint density at radius 1 is 1.16 bits per heavy atom. The number of fused-ring (bicyclic) bond motifs is 1. The van der Waals surface area contributed by atoms with E-state index < -0.39 is 0 Å². The van der Waals surface area contributed by atoms with Crippen LogP contribution in [0.4, 0.5) is 5.69 Å². The molecule has 19 heavy (non-hydrogen) atoms. The number of H-pyrrole nitrogens is 1. The lowest BCUT2D eigenvalue weighted by atomic mass is 10.2. The van der Waals surface area contributed by atoms with Gasteiger partial charge in [0.2, 0.25) is 0 Å². The molecule has 0 unspecified atom stereocenters. The van der Waals surface area contributed by atoms with Crippen LogP contribution in [0.15, 0.2) is 36.5 Å². The highest BCUT2D eigenvalue weighted by atomic mass is 35.5. The SMILES string of the molecule is Clc1cc(NCc2c[nH]c3ccccc23)c(Cl)nn1. The van der Waals surface area contributed by atoms with Gasteiger partial charge in [-0.05, 0) is 11.6 Å². The number of para-hydroxylation sites is 1. The number of aromatic nitrogens is 3. The van der Waals surface area contributed by atoms with Crippen LogP contribution in [0.1, 0.15) is 5.56 Å². The minimum Gasteiger partial charge on any atom is -0.378 e. The summed E-state index contributed by atoms with van der Waals surface area (Å²) in [7, 11) is 0. The molecule has 2 N–H and O–H groups in total. The van der Waals surface area contributed by atoms with E-state index in [2.05, 4.69) is 26.6 Å². The molecule has 0 atom stereocenters. The van der Waals surface area contributed by atoms with Gasteiger partial charge in [0.05, 0.1) is 5.69 Å². The summed E-state index contributed by atoms with van der Waals surface area (Å²) in [6.45, 7) is 0.631. The second-order valence-corrected chi connectivity index (χ2v) is 4.83. The first-order valence-corrected chi connectivity index (χ1v) is 6.47. The van der Waals surface area contributed by atoms with E-state index >= 15 is 0 Å². The molecule has 1 aromatic carbocycles. The van der Waals surface area contributed by atoms with Crippen molar-refractivity contribution in [1.82, 2.24) is 15.2 Å². The third-order valence-corrected chi connectivity index (χ3v) is 3.33. The molecule has 0 aliphatic carbocycles. The summed E-state index contributed by atoms with van der Waals surface area (Å²) < 4.78 is 0. The number of nitrogens with one attached hydrogen (secondary N) is 2. The monoisotopic (exact) mass is 292 g/mol. The predicted octanol–water partition coefficient (Wildman–Crippen LogP) is 3.88. The molecule has 96 valence electrons. The van der Waals surface area contributed by atoms with Gasteiger partial charge in [-0.15, -0.1) is 10.2 Å². The van der Waals surface area contributed by atoms with Crippen molar-refractivity contribution >= 4 is 39.8 Å². The number of halogens is 2. The van der Waals surface area contributed by atoms with Gasteiger partial charge in [0.15, 0.2) is 10.3 Å². The zero-order valence-electron chi connectivity index (χ0n) is 9.82. The summed E-state index contributed by atoms with van der Waals surface area (Å²) in [4.78, 5) is 3.22. The van der Waals surface area contributed by atoms with Gasteiger partial charge in [0.25, 0.3) is 0 Å². The van der Waals surface area contributed by atoms with Crippen LogP contribution in [0, 0.1) is 0 Å². The van der Waals surface area contributed by atoms with Crippen molar-refractivity contribution in [3.63, 3.8) is 0 Å². The molecule has 2 heterocycles. The summed E-state index contributed by atoms with van der Waals surface area (Å²) in [5, 5.41) is 12.4. The molecular formula is C13H10Cl2N4. The topological polar surface area (TPSA) is 53.6 Å². The molecule has 0 spiro atoms. The van der Waals surface area contributed by atoms with Gasteiger partial charge in [-0.25, -0.2) is 0 Å². The first-order valence-electron chi connectivity index (χ1n) is 5.71. The van der Waals surface area contributed by atoms with Crippen molar-refractivity contribution in [2.24, 2.45) is 0 Å². The van der Waals surface area contributed by atoms with Crippen molar-refractivity contribution in [2.75, 3.05) is 5.32 Å². The van der Waals surface area contributed by atoms with Gasteiger partial charge < -0.3 is 10.3 Å². The molecular weight excluding hydrogens is 283 g/mol. The number of hydrogen-bond donors (Lipinski definition) is 2. The smallest absolute Gasteiger partial charge is 0.174 e. The maximum Gasteiger partial charge on any atom is 0.174 e. The maximum absolute atomic E-state index is 5.95. The van der Waals surface area contributed by atoms with E-state index in [0.717, 1.165) is 11.1 Å². The fourth-order valence-electron chi connectivity index (χ4n) is 1.95. The van der Waals surface area contributed by atoms with Gasteiger partial charge in [-0.1, -0.05) is 41.4 Å². The van der Waals surface area contributed by atoms with E-state index in [0.29, 0.717) is 22.5 Å². The molecule has 0 fully saturated rings. The van der Waals surface area contributed by atoms with Crippen LogP contribution in [0.2, 0.25) is 10.3 Å². The first-order chi connectivity index (χ1) is 9.24. The molecule has 3 rings (SSSR count). The van der Waals surface area contributed by atoms with Crippen molar-refractivity contribution < 1.29 is 0 Å². The van der Waals surface area contributed by atoms with Crippen molar-refractivity contribution in [2.45, 2.75) is 6.54 Å². The van der Waals surface area contributed by atoms with Crippen molar-refractivity contribution in [3.8, 4) is 0 Å². The number of rotatable bonds is 3. The first kappa shape index (κ1) is 12.3. The molecule has 2 aromatic heterocycles. The van der Waals surface area contributed by atoms with Crippen LogP contribution < -0.4 is 5.32 Å². The van der Waals surface area contributed by atoms with Crippen molar-refractivity contribution in [3.05, 3.63) is 52.4 Å². The number of nitrogens with zero attached hydrogens (tertiary/aromatic N) is 2. The lowest BCUT2D eigenvalue weighted by molar-refractivity contribution is 1.02. The third kappa shape index (κ3) is 2.50. The Labute approximate surface area is 119 Å². The van der Waals surface area contributed by atoms with E-state index in [-0.39, 0.29) is 0 Å². The largest absolute Gasteiger partial charge is 0.378 e. The number of benzene rings is 1. The Balaban J connectivity index is 1.84. The van der Waals surface area contributed by atoms with E-state index in [4.69, 9.17) is 23.2 Å². The normalized spacial score (nSPS) is 10.8. The summed E-state index contributed by atoms with van der Waals surface area (Å²) >= 11 is 11.7. The molecule has 0 saturated heterocycles. The Hall–Kier alpha value is -1.78. The zero-order valence-corrected chi connectivity index (χ0v) is 11.3. The minimum absolute atomic E-state index is 0.309. The van der Waals surface area contributed by atoms with Crippen LogP contribution >= 0.6 is 23.2 Å². The standard InChI is InChI=1S/C13H10Cl2N4/c14-12-5-11(13(15)19-18-12)17-7-8-6-16-10-4-2-1-3-9(8)10/h1-6,16H,7H2,(H,17,18). The highest BCUT2D eigenvalue weighted by molar-refractivity contribution is 6.33. The van der Waals surface area contributed by atoms with Gasteiger partial charge in [0, 0.05) is 29.7 Å². The average molecular weight is 293 g/mol. The fraction of sp³-hybridized carbons (Fsp3) is 0.0769. The molecule has 0 radical (unpaired) electrons. The van der Waals surface area contributed by atoms with Crippen LogP contribution in [0.25, 0.3) is 10.9 Å². The van der Waals surface area contributed by atoms with Crippen LogP contribution in [0.3, 0.4) is 0 Å². The quantitative estimate of drug-likeness (QED) is 0.770. The molecule has 0 aliphatic rings. The van der Waals surface area contributed by atoms with E-state index in [9.17, 15) is 0 Å². The fourth-order valence-corrected chi connectivity index (χ4v) is 2.25. The molecule has 4 nitrogen and oxygen atoms in total.